The first-order valence-corrected chi connectivity index (χ1v) is 13.6. The molecule has 0 radical (unpaired) electrons. The Morgan fingerprint density at radius 3 is 2.24 bits per heavy atom. The van der Waals surface area contributed by atoms with Gasteiger partial charge in [-0.15, -0.1) is 0 Å². The molecule has 4 nitrogen and oxygen atoms in total. The fourth-order valence-corrected chi connectivity index (χ4v) is 6.89. The van der Waals surface area contributed by atoms with Gasteiger partial charge in [0.1, 0.15) is 0 Å². The molecule has 1 atom stereocenters. The molecule has 0 N–H and O–H groups in total. The van der Waals surface area contributed by atoms with Crippen molar-refractivity contribution in [2.24, 2.45) is 0 Å². The first-order valence-electron chi connectivity index (χ1n) is 11.4. The number of hydrogen-bond donors (Lipinski definition) is 0. The molecular weight excluding hydrogens is 496 g/mol. The number of aryl methyl sites for hydroxylation is 1. The lowest BCUT2D eigenvalue weighted by atomic mass is 9.99. The minimum atomic E-state index is -3.80. The Balaban J connectivity index is 1.79. The molecule has 1 saturated heterocycles. The molecule has 0 spiro atoms. The molecule has 1 unspecified atom stereocenters. The number of halogens is 1. The zero-order valence-electron chi connectivity index (χ0n) is 18.6. The highest BCUT2D eigenvalue weighted by molar-refractivity contribution is 9.10. The number of fused-ring (bicyclic) bond motifs is 1. The van der Waals surface area contributed by atoms with Crippen LogP contribution in [0.2, 0.25) is 0 Å². The average Bonchev–Trinajstić information content (AvgIpc) is 3.21. The second kappa shape index (κ2) is 9.09. The van der Waals surface area contributed by atoms with Crippen LogP contribution in [0.3, 0.4) is 0 Å². The van der Waals surface area contributed by atoms with Gasteiger partial charge in [-0.05, 0) is 68.8 Å². The first kappa shape index (κ1) is 22.4. The lowest BCUT2D eigenvalue weighted by Crippen LogP contribution is -2.36. The van der Waals surface area contributed by atoms with Crippen LogP contribution < -0.4 is 0 Å². The molecule has 6 heteroatoms. The van der Waals surface area contributed by atoms with E-state index in [0.29, 0.717) is 10.4 Å². The van der Waals surface area contributed by atoms with Crippen molar-refractivity contribution in [3.63, 3.8) is 0 Å². The third-order valence-corrected chi connectivity index (χ3v) is 8.97. The van der Waals surface area contributed by atoms with Crippen molar-refractivity contribution >= 4 is 36.9 Å². The highest BCUT2D eigenvalue weighted by atomic mass is 79.9. The number of hydrogen-bond acceptors (Lipinski definition) is 3. The highest BCUT2D eigenvalue weighted by Crippen LogP contribution is 2.39. The quantitative estimate of drug-likeness (QED) is 0.299. The van der Waals surface area contributed by atoms with Crippen molar-refractivity contribution < 1.29 is 8.42 Å². The Bertz CT molecular complexity index is 1390. The van der Waals surface area contributed by atoms with Gasteiger partial charge in [-0.1, -0.05) is 76.4 Å². The number of piperidine rings is 1. The van der Waals surface area contributed by atoms with Gasteiger partial charge in [0.25, 0.3) is 10.0 Å². The highest BCUT2D eigenvalue weighted by Gasteiger charge is 2.33. The molecule has 0 amide bonds. The molecule has 1 fully saturated rings. The van der Waals surface area contributed by atoms with E-state index in [1.54, 1.807) is 16.1 Å². The van der Waals surface area contributed by atoms with Crippen LogP contribution in [0.15, 0.2) is 88.2 Å². The van der Waals surface area contributed by atoms with E-state index in [-0.39, 0.29) is 6.04 Å². The van der Waals surface area contributed by atoms with Gasteiger partial charge in [0, 0.05) is 9.86 Å². The molecule has 170 valence electrons. The van der Waals surface area contributed by atoms with Crippen LogP contribution in [-0.4, -0.2) is 30.4 Å². The van der Waals surface area contributed by atoms with Crippen molar-refractivity contribution in [3.05, 3.63) is 100 Å². The summed E-state index contributed by atoms with van der Waals surface area (Å²) in [7, 11) is -3.80. The zero-order chi connectivity index (χ0) is 23.0. The van der Waals surface area contributed by atoms with E-state index in [9.17, 15) is 8.42 Å². The van der Waals surface area contributed by atoms with Gasteiger partial charge in [-0.3, -0.25) is 4.90 Å². The van der Waals surface area contributed by atoms with E-state index in [1.807, 2.05) is 61.5 Å². The van der Waals surface area contributed by atoms with E-state index in [0.717, 1.165) is 52.6 Å². The molecule has 4 aromatic rings. The van der Waals surface area contributed by atoms with E-state index in [4.69, 9.17) is 0 Å². The van der Waals surface area contributed by atoms with Gasteiger partial charge in [-0.2, -0.15) is 0 Å². The van der Waals surface area contributed by atoms with E-state index in [1.165, 1.54) is 6.42 Å². The maximum Gasteiger partial charge on any atom is 0.268 e. The minimum Gasteiger partial charge on any atom is -0.291 e. The van der Waals surface area contributed by atoms with Crippen molar-refractivity contribution in [1.29, 1.82) is 0 Å². The molecule has 0 saturated carbocycles. The van der Waals surface area contributed by atoms with Crippen molar-refractivity contribution in [2.45, 2.75) is 37.1 Å². The summed E-state index contributed by atoms with van der Waals surface area (Å²) in [4.78, 5) is 2.74. The summed E-state index contributed by atoms with van der Waals surface area (Å²) in [5.74, 6) is 0. The molecular formula is C27H27BrN2O2S. The second-order valence-electron chi connectivity index (χ2n) is 8.73. The van der Waals surface area contributed by atoms with Gasteiger partial charge in [-0.25, -0.2) is 12.4 Å². The van der Waals surface area contributed by atoms with Crippen LogP contribution in [-0.2, 0) is 10.0 Å². The number of rotatable bonds is 5. The van der Waals surface area contributed by atoms with Crippen molar-refractivity contribution in [2.75, 3.05) is 13.1 Å². The molecule has 3 aromatic carbocycles. The SMILES string of the molecule is Cc1ccc(S(=O)(=O)n2c(C(c3ccccc3Br)N3CCCCC3)cc3ccccc32)cc1. The Kier molecular flexibility index (Phi) is 6.16. The predicted molar refractivity (Wildman–Crippen MR) is 137 cm³/mol. The summed E-state index contributed by atoms with van der Waals surface area (Å²) < 4.78 is 30.7. The molecule has 33 heavy (non-hydrogen) atoms. The average molecular weight is 523 g/mol. The molecule has 5 rings (SSSR count). The van der Waals surface area contributed by atoms with Gasteiger partial charge in [0.15, 0.2) is 0 Å². The van der Waals surface area contributed by atoms with Crippen LogP contribution in [0.5, 0.6) is 0 Å². The maximum absolute atomic E-state index is 14.1. The van der Waals surface area contributed by atoms with Crippen molar-refractivity contribution in [3.8, 4) is 0 Å². The van der Waals surface area contributed by atoms with Gasteiger partial charge in [0.2, 0.25) is 0 Å². The Labute approximate surface area is 204 Å². The second-order valence-corrected chi connectivity index (χ2v) is 11.4. The normalized spacial score (nSPS) is 16.2. The summed E-state index contributed by atoms with van der Waals surface area (Å²) >= 11 is 3.75. The maximum atomic E-state index is 14.1. The number of nitrogens with zero attached hydrogens (tertiary/aromatic N) is 2. The van der Waals surface area contributed by atoms with Crippen LogP contribution in [0.25, 0.3) is 10.9 Å². The van der Waals surface area contributed by atoms with Crippen LogP contribution in [0.4, 0.5) is 0 Å². The Hall–Kier alpha value is -2.41. The predicted octanol–water partition coefficient (Wildman–Crippen LogP) is 6.52. The van der Waals surface area contributed by atoms with Crippen molar-refractivity contribution in [1.82, 2.24) is 8.87 Å². The molecule has 1 aliphatic heterocycles. The van der Waals surface area contributed by atoms with Gasteiger partial charge in [0.05, 0.1) is 22.1 Å². The standard InChI is InChI=1S/C27H27BrN2O2S/c1-20-13-15-22(16-14-20)33(31,32)30-25-12-6-3-9-21(25)19-26(30)27(29-17-7-2-8-18-29)23-10-4-5-11-24(23)28/h3-6,9-16,19,27H,2,7-8,17-18H2,1H3. The molecule has 2 heterocycles. The summed E-state index contributed by atoms with van der Waals surface area (Å²) in [5.41, 5.74) is 3.61. The lowest BCUT2D eigenvalue weighted by Gasteiger charge is -2.36. The summed E-state index contributed by atoms with van der Waals surface area (Å²) in [5, 5.41) is 0.928. The van der Waals surface area contributed by atoms with Gasteiger partial charge < -0.3 is 0 Å². The van der Waals surface area contributed by atoms with Gasteiger partial charge >= 0.3 is 0 Å². The third-order valence-electron chi connectivity index (χ3n) is 6.49. The van der Waals surface area contributed by atoms with E-state index < -0.39 is 10.0 Å². The molecule has 1 aliphatic rings. The molecule has 0 aliphatic carbocycles. The zero-order valence-corrected chi connectivity index (χ0v) is 21.0. The number of para-hydroxylation sites is 1. The smallest absolute Gasteiger partial charge is 0.268 e. The minimum absolute atomic E-state index is 0.173. The molecule has 1 aromatic heterocycles. The fraction of sp³-hybridized carbons (Fsp3) is 0.259. The largest absolute Gasteiger partial charge is 0.291 e. The lowest BCUT2D eigenvalue weighted by molar-refractivity contribution is 0.184. The monoisotopic (exact) mass is 522 g/mol. The third kappa shape index (κ3) is 4.16. The summed E-state index contributed by atoms with van der Waals surface area (Å²) in [6.07, 6.45) is 3.45. The summed E-state index contributed by atoms with van der Waals surface area (Å²) in [6.45, 7) is 3.85. The Morgan fingerprint density at radius 2 is 1.52 bits per heavy atom. The van der Waals surface area contributed by atoms with Crippen LogP contribution >= 0.6 is 15.9 Å². The fourth-order valence-electron chi connectivity index (χ4n) is 4.84. The molecule has 0 bridgehead atoms. The topological polar surface area (TPSA) is 42.3 Å². The number of likely N-dealkylation sites (tertiary alicyclic amines) is 1. The summed E-state index contributed by atoms with van der Waals surface area (Å²) in [6, 6.07) is 24.9. The number of benzene rings is 3. The number of aromatic nitrogens is 1. The van der Waals surface area contributed by atoms with E-state index in [2.05, 4.69) is 33.0 Å². The first-order chi connectivity index (χ1) is 16.0. The van der Waals surface area contributed by atoms with E-state index >= 15 is 0 Å². The van der Waals surface area contributed by atoms with Crippen LogP contribution in [0.1, 0.15) is 42.1 Å². The van der Waals surface area contributed by atoms with Crippen LogP contribution in [0, 0.1) is 6.92 Å². The Morgan fingerprint density at radius 1 is 0.848 bits per heavy atom.